The Balaban J connectivity index is 2.30. The van der Waals surface area contributed by atoms with Gasteiger partial charge in [-0.2, -0.15) is 13.2 Å². The summed E-state index contributed by atoms with van der Waals surface area (Å²) in [6, 6.07) is 7.65. The molecule has 0 spiro atoms. The third-order valence-electron chi connectivity index (χ3n) is 2.51. The third-order valence-corrected chi connectivity index (χ3v) is 4.22. The molecule has 1 aromatic rings. The highest BCUT2D eigenvalue weighted by Crippen LogP contribution is 2.25. The van der Waals surface area contributed by atoms with Crippen LogP contribution in [0, 0.1) is 0 Å². The molecular formula is C12H16BrF3N2S. The number of benzene rings is 1. The van der Waals surface area contributed by atoms with E-state index in [2.05, 4.69) is 21.4 Å². The van der Waals surface area contributed by atoms with Crippen molar-refractivity contribution in [2.45, 2.75) is 36.4 Å². The molecule has 2 nitrogen and oxygen atoms in total. The molecule has 108 valence electrons. The summed E-state index contributed by atoms with van der Waals surface area (Å²) < 4.78 is 37.1. The minimum absolute atomic E-state index is 0.0965. The van der Waals surface area contributed by atoms with Crippen molar-refractivity contribution in [3.8, 4) is 0 Å². The molecule has 1 unspecified atom stereocenters. The summed E-state index contributed by atoms with van der Waals surface area (Å²) in [6.07, 6.45) is -4.33. The highest BCUT2D eigenvalue weighted by atomic mass is 79.9. The lowest BCUT2D eigenvalue weighted by Crippen LogP contribution is -2.37. The Bertz CT molecular complexity index is 370. The summed E-state index contributed by atoms with van der Waals surface area (Å²) in [6.45, 7) is 0. The average molecular weight is 357 g/mol. The molecule has 19 heavy (non-hydrogen) atoms. The van der Waals surface area contributed by atoms with Gasteiger partial charge >= 0.3 is 6.18 Å². The topological polar surface area (TPSA) is 38.0 Å². The number of alkyl halides is 3. The second-order valence-electron chi connectivity index (χ2n) is 4.14. The van der Waals surface area contributed by atoms with Crippen LogP contribution in [-0.2, 0) is 0 Å². The lowest BCUT2D eigenvalue weighted by atomic mass is 10.1. The van der Waals surface area contributed by atoms with E-state index in [1.54, 1.807) is 11.8 Å². The molecule has 1 rings (SSSR count). The zero-order chi connectivity index (χ0) is 14.3. The predicted molar refractivity (Wildman–Crippen MR) is 75.9 cm³/mol. The van der Waals surface area contributed by atoms with Crippen LogP contribution in [0.2, 0.25) is 0 Å². The van der Waals surface area contributed by atoms with Crippen molar-refractivity contribution in [1.29, 1.82) is 0 Å². The Kier molecular flexibility index (Phi) is 7.20. The highest BCUT2D eigenvalue weighted by molar-refractivity contribution is 9.10. The lowest BCUT2D eigenvalue weighted by molar-refractivity contribution is -0.135. The van der Waals surface area contributed by atoms with E-state index in [0.29, 0.717) is 12.2 Å². The molecule has 0 amide bonds. The van der Waals surface area contributed by atoms with Gasteiger partial charge in [0.05, 0.1) is 0 Å². The molecule has 7 heteroatoms. The summed E-state index contributed by atoms with van der Waals surface area (Å²) in [5.74, 6) is 6.01. The molecule has 3 N–H and O–H groups in total. The minimum Gasteiger partial charge on any atom is -0.271 e. The fraction of sp³-hybridized carbons (Fsp3) is 0.500. The van der Waals surface area contributed by atoms with Gasteiger partial charge in [-0.3, -0.25) is 11.3 Å². The highest BCUT2D eigenvalue weighted by Gasteiger charge is 2.26. The number of hydrogen-bond acceptors (Lipinski definition) is 3. The molecule has 0 radical (unpaired) electrons. The Morgan fingerprint density at radius 2 is 1.89 bits per heavy atom. The molecule has 0 aliphatic carbocycles. The van der Waals surface area contributed by atoms with Crippen LogP contribution in [-0.4, -0.2) is 18.0 Å². The largest absolute Gasteiger partial charge is 0.389 e. The number of hydrazine groups is 1. The first kappa shape index (κ1) is 16.8. The van der Waals surface area contributed by atoms with Crippen LogP contribution in [0.4, 0.5) is 13.2 Å². The van der Waals surface area contributed by atoms with Gasteiger partial charge < -0.3 is 0 Å². The summed E-state index contributed by atoms with van der Waals surface area (Å²) in [5.41, 5.74) is 2.57. The zero-order valence-corrected chi connectivity index (χ0v) is 12.6. The van der Waals surface area contributed by atoms with Gasteiger partial charge in [0.25, 0.3) is 0 Å². The number of hydrogen-bond donors (Lipinski definition) is 2. The fourth-order valence-corrected chi connectivity index (χ4v) is 2.74. The van der Waals surface area contributed by atoms with Gasteiger partial charge in [0.2, 0.25) is 0 Å². The van der Waals surface area contributed by atoms with Crippen molar-refractivity contribution in [2.24, 2.45) is 5.84 Å². The van der Waals surface area contributed by atoms with E-state index in [9.17, 15) is 13.2 Å². The van der Waals surface area contributed by atoms with Crippen LogP contribution < -0.4 is 11.3 Å². The van der Waals surface area contributed by atoms with Gasteiger partial charge in [-0.25, -0.2) is 0 Å². The number of nitrogens with two attached hydrogens (primary N) is 1. The first-order chi connectivity index (χ1) is 8.90. The van der Waals surface area contributed by atoms with Gasteiger partial charge in [-0.1, -0.05) is 15.9 Å². The molecule has 0 aliphatic heterocycles. The molecule has 1 aromatic carbocycles. The second kappa shape index (κ2) is 8.14. The van der Waals surface area contributed by atoms with Gasteiger partial charge in [0.1, 0.15) is 0 Å². The fourth-order valence-electron chi connectivity index (χ4n) is 1.49. The molecule has 0 bridgehead atoms. The van der Waals surface area contributed by atoms with Gasteiger partial charge in [0, 0.05) is 27.6 Å². The van der Waals surface area contributed by atoms with E-state index >= 15 is 0 Å². The van der Waals surface area contributed by atoms with Crippen LogP contribution in [0.25, 0.3) is 0 Å². The Hall–Kier alpha value is -0.240. The molecule has 1 atom stereocenters. The van der Waals surface area contributed by atoms with Gasteiger partial charge in [-0.05, 0) is 37.1 Å². The number of halogens is 4. The third kappa shape index (κ3) is 7.81. The second-order valence-corrected chi connectivity index (χ2v) is 6.15. The van der Waals surface area contributed by atoms with Crippen molar-refractivity contribution >= 4 is 27.7 Å². The summed E-state index contributed by atoms with van der Waals surface area (Å²) in [7, 11) is 0. The normalized spacial score (nSPS) is 13.5. The summed E-state index contributed by atoms with van der Waals surface area (Å²) >= 11 is 4.92. The van der Waals surface area contributed by atoms with Crippen LogP contribution >= 0.6 is 27.7 Å². The first-order valence-electron chi connectivity index (χ1n) is 5.82. The van der Waals surface area contributed by atoms with E-state index in [0.717, 1.165) is 9.37 Å². The molecule has 0 saturated carbocycles. The molecule has 0 heterocycles. The van der Waals surface area contributed by atoms with Crippen molar-refractivity contribution in [1.82, 2.24) is 5.43 Å². The first-order valence-corrected chi connectivity index (χ1v) is 7.60. The maximum absolute atomic E-state index is 12.0. The van der Waals surface area contributed by atoms with Crippen molar-refractivity contribution < 1.29 is 13.2 Å². The standard InChI is InChI=1S/C12H16BrF3N2S/c13-9-3-5-11(6-4-9)19-8-10(18-17)2-1-7-12(14,15)16/h3-6,10,18H,1-2,7-8,17H2. The van der Waals surface area contributed by atoms with Crippen molar-refractivity contribution in [3.05, 3.63) is 28.7 Å². The van der Waals surface area contributed by atoms with Crippen LogP contribution in [0.5, 0.6) is 0 Å². The Morgan fingerprint density at radius 3 is 2.42 bits per heavy atom. The number of thioether (sulfide) groups is 1. The summed E-state index contributed by atoms with van der Waals surface area (Å²) in [4.78, 5) is 1.07. The smallest absolute Gasteiger partial charge is 0.271 e. The van der Waals surface area contributed by atoms with Gasteiger partial charge in [-0.15, -0.1) is 11.8 Å². The number of nitrogens with one attached hydrogen (secondary N) is 1. The van der Waals surface area contributed by atoms with Gasteiger partial charge in [0.15, 0.2) is 0 Å². The monoisotopic (exact) mass is 356 g/mol. The van der Waals surface area contributed by atoms with E-state index in [1.165, 1.54) is 0 Å². The average Bonchev–Trinajstić information content (AvgIpc) is 2.34. The van der Waals surface area contributed by atoms with E-state index in [1.807, 2.05) is 24.3 Å². The predicted octanol–water partition coefficient (Wildman–Crippen LogP) is 4.11. The molecule has 0 fully saturated rings. The van der Waals surface area contributed by atoms with Crippen LogP contribution in [0.15, 0.2) is 33.6 Å². The number of rotatable bonds is 7. The molecule has 0 aliphatic rings. The SMILES string of the molecule is NNC(CCCC(F)(F)F)CSc1ccc(Br)cc1. The molecular weight excluding hydrogens is 341 g/mol. The minimum atomic E-state index is -4.09. The molecule has 0 aromatic heterocycles. The maximum Gasteiger partial charge on any atom is 0.389 e. The molecule has 0 saturated heterocycles. The Labute approximate surface area is 123 Å². The Morgan fingerprint density at radius 1 is 1.26 bits per heavy atom. The van der Waals surface area contributed by atoms with E-state index < -0.39 is 12.6 Å². The maximum atomic E-state index is 12.0. The van der Waals surface area contributed by atoms with Crippen LogP contribution in [0.3, 0.4) is 0 Å². The van der Waals surface area contributed by atoms with Crippen LogP contribution in [0.1, 0.15) is 19.3 Å². The summed E-state index contributed by atoms with van der Waals surface area (Å²) in [5, 5.41) is 0. The quantitative estimate of drug-likeness (QED) is 0.438. The lowest BCUT2D eigenvalue weighted by Gasteiger charge is -2.16. The zero-order valence-electron chi connectivity index (χ0n) is 10.2. The van der Waals surface area contributed by atoms with E-state index in [-0.39, 0.29) is 12.5 Å². The van der Waals surface area contributed by atoms with Crippen molar-refractivity contribution in [3.63, 3.8) is 0 Å². The van der Waals surface area contributed by atoms with E-state index in [4.69, 9.17) is 5.84 Å². The van der Waals surface area contributed by atoms with Crippen molar-refractivity contribution in [2.75, 3.05) is 5.75 Å².